The number of allylic oxidation sites excluding steroid dienone is 1. The van der Waals surface area contributed by atoms with Crippen molar-refractivity contribution in [3.8, 4) is 11.3 Å². The summed E-state index contributed by atoms with van der Waals surface area (Å²) in [6.07, 6.45) is 3.85. The summed E-state index contributed by atoms with van der Waals surface area (Å²) in [5.41, 5.74) is 5.75. The Morgan fingerprint density at radius 3 is 2.51 bits per heavy atom. The lowest BCUT2D eigenvalue weighted by molar-refractivity contribution is -0.135. The van der Waals surface area contributed by atoms with Gasteiger partial charge in [-0.3, -0.25) is 9.20 Å². The Morgan fingerprint density at radius 1 is 1.07 bits per heavy atom. The normalized spacial score (nSPS) is 17.5. The Kier molecular flexibility index (Phi) is 7.42. The number of thiazole rings is 1. The zero-order chi connectivity index (χ0) is 28.7. The summed E-state index contributed by atoms with van der Waals surface area (Å²) in [7, 11) is 2.02. The van der Waals surface area contributed by atoms with Gasteiger partial charge in [0.1, 0.15) is 17.3 Å². The number of aryl methyl sites for hydroxylation is 1. The number of halogens is 1. The highest BCUT2D eigenvalue weighted by Gasteiger charge is 2.33. The number of nitrogens with zero attached hydrogens (tertiary/aromatic N) is 7. The minimum Gasteiger partial charge on any atom is -0.375 e. The Bertz CT molecular complexity index is 1570. The number of aromatic nitrogens is 3. The highest BCUT2D eigenvalue weighted by atomic mass is 32.1. The SMILES string of the molecule is C=C(C)N1CCC(C(=O)N2CCN(c3ccc4nc(CC)c(N(C)c5nc(-c6ccc(F)cc6)cs5)n4c3)CC2)C1. The van der Waals surface area contributed by atoms with E-state index in [0.29, 0.717) is 0 Å². The predicted molar refractivity (Wildman–Crippen MR) is 163 cm³/mol. The molecular weight excluding hydrogens is 537 g/mol. The highest BCUT2D eigenvalue weighted by Crippen LogP contribution is 2.34. The van der Waals surface area contributed by atoms with E-state index in [-0.39, 0.29) is 17.6 Å². The predicted octanol–water partition coefficient (Wildman–Crippen LogP) is 5.43. The van der Waals surface area contributed by atoms with E-state index in [4.69, 9.17) is 9.97 Å². The van der Waals surface area contributed by atoms with E-state index in [1.165, 1.54) is 12.1 Å². The Labute approximate surface area is 244 Å². The largest absolute Gasteiger partial charge is 0.375 e. The smallest absolute Gasteiger partial charge is 0.227 e. The van der Waals surface area contributed by atoms with Crippen LogP contribution in [0, 0.1) is 11.7 Å². The van der Waals surface area contributed by atoms with E-state index >= 15 is 0 Å². The lowest BCUT2D eigenvalue weighted by atomic mass is 10.1. The molecule has 4 aromatic rings. The van der Waals surface area contributed by atoms with Crippen LogP contribution in [0.25, 0.3) is 16.9 Å². The van der Waals surface area contributed by atoms with Crippen molar-refractivity contribution in [2.45, 2.75) is 26.7 Å². The molecule has 0 saturated carbocycles. The Balaban J connectivity index is 1.20. The van der Waals surface area contributed by atoms with Crippen LogP contribution in [-0.4, -0.2) is 76.4 Å². The van der Waals surface area contributed by atoms with Crippen LogP contribution in [0.2, 0.25) is 0 Å². The van der Waals surface area contributed by atoms with Crippen LogP contribution >= 0.6 is 11.3 Å². The second kappa shape index (κ2) is 11.2. The van der Waals surface area contributed by atoms with Gasteiger partial charge in [0.25, 0.3) is 0 Å². The van der Waals surface area contributed by atoms with E-state index in [0.717, 1.165) is 97.0 Å². The number of anilines is 3. The van der Waals surface area contributed by atoms with Gasteiger partial charge in [0.05, 0.1) is 23.0 Å². The van der Waals surface area contributed by atoms with Crippen molar-refractivity contribution < 1.29 is 9.18 Å². The van der Waals surface area contributed by atoms with Crippen molar-refractivity contribution in [2.75, 3.05) is 56.1 Å². The van der Waals surface area contributed by atoms with Crippen LogP contribution in [0.3, 0.4) is 0 Å². The zero-order valence-electron chi connectivity index (χ0n) is 23.9. The fourth-order valence-corrected chi connectivity index (χ4v) is 6.66. The maximum Gasteiger partial charge on any atom is 0.227 e. The third kappa shape index (κ3) is 5.28. The molecule has 6 rings (SSSR count). The number of imidazole rings is 1. The van der Waals surface area contributed by atoms with Gasteiger partial charge >= 0.3 is 0 Å². The van der Waals surface area contributed by atoms with Gasteiger partial charge < -0.3 is 19.6 Å². The molecule has 3 aromatic heterocycles. The molecular formula is C31H36FN7OS. The number of amides is 1. The number of carbonyl (C=O) groups is 1. The topological polar surface area (TPSA) is 60.2 Å². The van der Waals surface area contributed by atoms with Crippen LogP contribution in [0.5, 0.6) is 0 Å². The second-order valence-electron chi connectivity index (χ2n) is 10.9. The van der Waals surface area contributed by atoms with Crippen molar-refractivity contribution >= 4 is 39.5 Å². The van der Waals surface area contributed by atoms with Crippen molar-refractivity contribution in [3.05, 3.63) is 71.8 Å². The number of pyridine rings is 1. The highest BCUT2D eigenvalue weighted by molar-refractivity contribution is 7.14. The molecule has 41 heavy (non-hydrogen) atoms. The van der Waals surface area contributed by atoms with Gasteiger partial charge in [-0.1, -0.05) is 13.5 Å². The van der Waals surface area contributed by atoms with Crippen LogP contribution in [0.4, 0.5) is 21.0 Å². The summed E-state index contributed by atoms with van der Waals surface area (Å²) in [4.78, 5) is 31.7. The summed E-state index contributed by atoms with van der Waals surface area (Å²) in [6, 6.07) is 10.6. The van der Waals surface area contributed by atoms with Gasteiger partial charge in [0.15, 0.2) is 5.13 Å². The van der Waals surface area contributed by atoms with Crippen LogP contribution in [0.1, 0.15) is 26.0 Å². The summed E-state index contributed by atoms with van der Waals surface area (Å²) >= 11 is 1.55. The quantitative estimate of drug-likeness (QED) is 0.294. The summed E-state index contributed by atoms with van der Waals surface area (Å²) in [6.45, 7) is 12.9. The van der Waals surface area contributed by atoms with E-state index < -0.39 is 0 Å². The fourth-order valence-electron chi connectivity index (χ4n) is 5.86. The molecule has 10 heteroatoms. The molecule has 0 N–H and O–H groups in total. The molecule has 1 unspecified atom stereocenters. The Hall–Kier alpha value is -3.92. The van der Waals surface area contributed by atoms with E-state index in [1.807, 2.05) is 24.3 Å². The maximum atomic E-state index is 13.4. The first-order valence-electron chi connectivity index (χ1n) is 14.2. The number of rotatable bonds is 7. The molecule has 1 atom stereocenters. The first kappa shape index (κ1) is 27.3. The van der Waals surface area contributed by atoms with Crippen LogP contribution in [0.15, 0.2) is 60.3 Å². The first-order valence-corrected chi connectivity index (χ1v) is 15.1. The second-order valence-corrected chi connectivity index (χ2v) is 11.7. The summed E-state index contributed by atoms with van der Waals surface area (Å²) in [5.74, 6) is 1.08. The van der Waals surface area contributed by atoms with Gasteiger partial charge in [0, 0.05) is 69.2 Å². The van der Waals surface area contributed by atoms with E-state index in [1.54, 1.807) is 23.5 Å². The number of piperazine rings is 1. The van der Waals surface area contributed by atoms with Crippen LogP contribution < -0.4 is 9.80 Å². The average molecular weight is 574 g/mol. The zero-order valence-corrected chi connectivity index (χ0v) is 24.7. The minimum atomic E-state index is -0.257. The first-order chi connectivity index (χ1) is 19.8. The fraction of sp³-hybridized carbons (Fsp3) is 0.387. The van der Waals surface area contributed by atoms with Gasteiger partial charge in [-0.2, -0.15) is 0 Å². The summed E-state index contributed by atoms with van der Waals surface area (Å²) in [5, 5.41) is 2.84. The molecule has 0 spiro atoms. The molecule has 0 radical (unpaired) electrons. The third-order valence-electron chi connectivity index (χ3n) is 8.25. The molecule has 0 bridgehead atoms. The molecule has 5 heterocycles. The number of fused-ring (bicyclic) bond motifs is 1. The number of carbonyl (C=O) groups excluding carboxylic acids is 1. The molecule has 2 aliphatic heterocycles. The standard InChI is InChI=1S/C31H36FN7OS/c1-5-26-29(35(4)31-34-27(20-41-31)22-6-8-24(32)9-7-22)39-19-25(10-11-28(39)33-26)36-14-16-37(17-15-36)30(40)23-12-13-38(18-23)21(2)3/h6-11,19-20,23H,2,5,12-18H2,1,3-4H3. The molecule has 1 amide bonds. The maximum absolute atomic E-state index is 13.4. The summed E-state index contributed by atoms with van der Waals surface area (Å²) < 4.78 is 15.6. The third-order valence-corrected chi connectivity index (χ3v) is 9.17. The number of hydrogen-bond acceptors (Lipinski definition) is 7. The van der Waals surface area contributed by atoms with Crippen molar-refractivity contribution in [1.82, 2.24) is 24.2 Å². The lowest BCUT2D eigenvalue weighted by Crippen LogP contribution is -2.50. The average Bonchev–Trinajstić information content (AvgIpc) is 3.75. The number of likely N-dealkylation sites (tertiary alicyclic amines) is 1. The molecule has 2 saturated heterocycles. The van der Waals surface area contributed by atoms with E-state index in [9.17, 15) is 9.18 Å². The van der Waals surface area contributed by atoms with Crippen molar-refractivity contribution in [1.29, 1.82) is 0 Å². The van der Waals surface area contributed by atoms with Crippen molar-refractivity contribution in [2.24, 2.45) is 5.92 Å². The monoisotopic (exact) mass is 573 g/mol. The molecule has 0 aliphatic carbocycles. The van der Waals surface area contributed by atoms with Gasteiger partial charge in [0.2, 0.25) is 5.91 Å². The van der Waals surface area contributed by atoms with Gasteiger partial charge in [-0.25, -0.2) is 14.4 Å². The molecule has 8 nitrogen and oxygen atoms in total. The number of benzene rings is 1. The molecule has 2 fully saturated rings. The van der Waals surface area contributed by atoms with Gasteiger partial charge in [-0.05, 0) is 56.2 Å². The Morgan fingerprint density at radius 2 is 1.83 bits per heavy atom. The molecule has 214 valence electrons. The van der Waals surface area contributed by atoms with Crippen molar-refractivity contribution in [3.63, 3.8) is 0 Å². The van der Waals surface area contributed by atoms with Gasteiger partial charge in [-0.15, -0.1) is 11.3 Å². The van der Waals surface area contributed by atoms with Crippen LogP contribution in [-0.2, 0) is 11.2 Å². The number of hydrogen-bond donors (Lipinski definition) is 0. The van der Waals surface area contributed by atoms with E-state index in [2.05, 4.69) is 50.9 Å². The lowest BCUT2D eigenvalue weighted by Gasteiger charge is -2.37. The molecule has 2 aliphatic rings. The molecule has 1 aromatic carbocycles. The minimum absolute atomic E-state index is 0.0699.